The van der Waals surface area contributed by atoms with Gasteiger partial charge < -0.3 is 20.3 Å². The minimum atomic E-state index is -0.00753. The van der Waals surface area contributed by atoms with Gasteiger partial charge in [0.2, 0.25) is 5.91 Å². The molecule has 2 N–H and O–H groups in total. The summed E-state index contributed by atoms with van der Waals surface area (Å²) in [5.41, 5.74) is 2.10. The van der Waals surface area contributed by atoms with Gasteiger partial charge in [-0.2, -0.15) is 0 Å². The summed E-state index contributed by atoms with van der Waals surface area (Å²) in [6.07, 6.45) is 2.11. The minimum Gasteiger partial charge on any atom is -0.373 e. The maximum absolute atomic E-state index is 11.9. The Bertz CT molecular complexity index is 758. The number of benzene rings is 1. The number of guanidine groups is 1. The molecule has 0 aliphatic carbocycles. The molecule has 180 valence electrons. The van der Waals surface area contributed by atoms with Crippen LogP contribution >= 0.6 is 24.0 Å². The Hall–Kier alpha value is -1.39. The van der Waals surface area contributed by atoms with Crippen molar-refractivity contribution in [2.45, 2.75) is 71.8 Å². The Morgan fingerprint density at radius 1 is 1.16 bits per heavy atom. The van der Waals surface area contributed by atoms with E-state index in [9.17, 15) is 4.79 Å². The molecule has 1 aromatic rings. The molecular weight excluding hydrogens is 517 g/mol. The second kappa shape index (κ2) is 12.2. The number of aliphatic imine (C=N–C) groups is 1. The molecule has 2 unspecified atom stereocenters. The van der Waals surface area contributed by atoms with Crippen molar-refractivity contribution in [1.82, 2.24) is 15.5 Å². The molecule has 1 aromatic carbocycles. The smallest absolute Gasteiger partial charge is 0.227 e. The van der Waals surface area contributed by atoms with Crippen molar-refractivity contribution in [3.63, 3.8) is 0 Å². The van der Waals surface area contributed by atoms with E-state index in [0.717, 1.165) is 56.4 Å². The molecule has 8 heteroatoms. The summed E-state index contributed by atoms with van der Waals surface area (Å²) < 4.78 is 5.89. The van der Waals surface area contributed by atoms with E-state index >= 15 is 0 Å². The Labute approximate surface area is 210 Å². The van der Waals surface area contributed by atoms with E-state index in [1.165, 1.54) is 0 Å². The lowest BCUT2D eigenvalue weighted by atomic mass is 10.00. The molecule has 2 fully saturated rings. The van der Waals surface area contributed by atoms with Gasteiger partial charge in [0.25, 0.3) is 0 Å². The molecule has 0 saturated carbocycles. The van der Waals surface area contributed by atoms with E-state index in [1.54, 1.807) is 0 Å². The van der Waals surface area contributed by atoms with Crippen LogP contribution in [0.4, 0.5) is 5.69 Å². The number of rotatable bonds is 7. The fourth-order valence-electron chi connectivity index (χ4n) is 4.30. The zero-order valence-corrected chi connectivity index (χ0v) is 22.5. The average molecular weight is 558 g/mol. The van der Waals surface area contributed by atoms with Crippen LogP contribution in [0.3, 0.4) is 0 Å². The van der Waals surface area contributed by atoms with Crippen molar-refractivity contribution >= 4 is 41.5 Å². The monoisotopic (exact) mass is 557 g/mol. The number of hydrogen-bond donors (Lipinski definition) is 2. The van der Waals surface area contributed by atoms with Crippen molar-refractivity contribution in [3.8, 4) is 0 Å². The van der Waals surface area contributed by atoms with Crippen LogP contribution in [0.15, 0.2) is 29.3 Å². The first-order valence-corrected chi connectivity index (χ1v) is 11.6. The lowest BCUT2D eigenvalue weighted by Crippen LogP contribution is -2.59. The third kappa shape index (κ3) is 7.31. The third-order valence-electron chi connectivity index (χ3n) is 6.05. The Morgan fingerprint density at radius 3 is 2.38 bits per heavy atom. The number of ether oxygens (including phenoxy) is 1. The molecular formula is C24H40IN5O2. The number of carbonyl (C=O) groups excluding carboxylic acids is 1. The molecule has 2 aliphatic heterocycles. The van der Waals surface area contributed by atoms with Crippen LogP contribution in [0.25, 0.3) is 0 Å². The Balaban J connectivity index is 0.00000363. The van der Waals surface area contributed by atoms with E-state index < -0.39 is 0 Å². The van der Waals surface area contributed by atoms with Crippen molar-refractivity contribution < 1.29 is 9.53 Å². The summed E-state index contributed by atoms with van der Waals surface area (Å²) in [6.45, 7) is 15.8. The summed E-state index contributed by atoms with van der Waals surface area (Å²) in [5, 5.41) is 6.87. The van der Waals surface area contributed by atoms with Crippen LogP contribution in [0.1, 0.15) is 53.0 Å². The SMILES string of the molecule is CCNC(=NCc1ccc(N2CCCC2=O)cc1)NCC(C)(C)N1CC(C)OC(C)C1.I. The first-order chi connectivity index (χ1) is 14.8. The van der Waals surface area contributed by atoms with Crippen LogP contribution in [-0.4, -0.2) is 67.2 Å². The maximum Gasteiger partial charge on any atom is 0.227 e. The highest BCUT2D eigenvalue weighted by Gasteiger charge is 2.33. The number of amides is 1. The molecule has 2 saturated heterocycles. The topological polar surface area (TPSA) is 69.2 Å². The summed E-state index contributed by atoms with van der Waals surface area (Å²) >= 11 is 0. The van der Waals surface area contributed by atoms with E-state index in [0.29, 0.717) is 13.0 Å². The summed E-state index contributed by atoms with van der Waals surface area (Å²) in [4.78, 5) is 21.1. The van der Waals surface area contributed by atoms with E-state index in [1.807, 2.05) is 17.0 Å². The predicted molar refractivity (Wildman–Crippen MR) is 142 cm³/mol. The molecule has 2 aliphatic rings. The van der Waals surface area contributed by atoms with Crippen LogP contribution in [0.5, 0.6) is 0 Å². The van der Waals surface area contributed by atoms with Gasteiger partial charge in [-0.15, -0.1) is 24.0 Å². The van der Waals surface area contributed by atoms with Crippen LogP contribution in [-0.2, 0) is 16.1 Å². The van der Waals surface area contributed by atoms with Gasteiger partial charge in [-0.25, -0.2) is 4.99 Å². The van der Waals surface area contributed by atoms with Crippen molar-refractivity contribution in [2.75, 3.05) is 37.6 Å². The molecule has 1 amide bonds. The second-order valence-corrected chi connectivity index (χ2v) is 9.34. The first kappa shape index (κ1) is 26.9. The van der Waals surface area contributed by atoms with Gasteiger partial charge in [-0.3, -0.25) is 9.69 Å². The van der Waals surface area contributed by atoms with Crippen LogP contribution in [0.2, 0.25) is 0 Å². The van der Waals surface area contributed by atoms with Crippen molar-refractivity contribution in [2.24, 2.45) is 4.99 Å². The minimum absolute atomic E-state index is 0. The van der Waals surface area contributed by atoms with Gasteiger partial charge in [0.15, 0.2) is 5.96 Å². The Kier molecular flexibility index (Phi) is 10.2. The number of halogens is 1. The van der Waals surface area contributed by atoms with Crippen molar-refractivity contribution in [1.29, 1.82) is 0 Å². The molecule has 0 spiro atoms. The number of nitrogens with zero attached hydrogens (tertiary/aromatic N) is 3. The van der Waals surface area contributed by atoms with Gasteiger partial charge in [-0.1, -0.05) is 12.1 Å². The Morgan fingerprint density at radius 2 is 1.81 bits per heavy atom. The van der Waals surface area contributed by atoms with Crippen LogP contribution < -0.4 is 15.5 Å². The van der Waals surface area contributed by atoms with Gasteiger partial charge in [0.05, 0.1) is 18.8 Å². The van der Waals surface area contributed by atoms with Crippen molar-refractivity contribution in [3.05, 3.63) is 29.8 Å². The van der Waals surface area contributed by atoms with Crippen LogP contribution in [0, 0.1) is 0 Å². The fourth-order valence-corrected chi connectivity index (χ4v) is 4.30. The molecule has 2 atom stereocenters. The molecule has 0 bridgehead atoms. The summed E-state index contributed by atoms with van der Waals surface area (Å²) in [6, 6.07) is 8.18. The number of carbonyl (C=O) groups is 1. The quantitative estimate of drug-likeness (QED) is 0.306. The summed E-state index contributed by atoms with van der Waals surface area (Å²) in [5.74, 6) is 1.04. The van der Waals surface area contributed by atoms with E-state index in [-0.39, 0.29) is 47.6 Å². The van der Waals surface area contributed by atoms with Gasteiger partial charge >= 0.3 is 0 Å². The van der Waals surface area contributed by atoms with E-state index in [4.69, 9.17) is 9.73 Å². The van der Waals surface area contributed by atoms with Gasteiger partial charge in [-0.05, 0) is 58.7 Å². The molecule has 32 heavy (non-hydrogen) atoms. The fraction of sp³-hybridized carbons (Fsp3) is 0.667. The maximum atomic E-state index is 11.9. The molecule has 0 aromatic heterocycles. The molecule has 2 heterocycles. The number of nitrogens with one attached hydrogen (secondary N) is 2. The zero-order chi connectivity index (χ0) is 22.4. The van der Waals surface area contributed by atoms with Gasteiger partial charge in [0.1, 0.15) is 0 Å². The van der Waals surface area contributed by atoms with E-state index in [2.05, 4.69) is 62.3 Å². The molecule has 3 rings (SSSR count). The lowest BCUT2D eigenvalue weighted by Gasteiger charge is -2.45. The third-order valence-corrected chi connectivity index (χ3v) is 6.05. The highest BCUT2D eigenvalue weighted by atomic mass is 127. The number of anilines is 1. The van der Waals surface area contributed by atoms with Gasteiger partial charge in [0, 0.05) is 50.4 Å². The normalized spacial score (nSPS) is 22.6. The first-order valence-electron chi connectivity index (χ1n) is 11.6. The highest BCUT2D eigenvalue weighted by Crippen LogP contribution is 2.22. The average Bonchev–Trinajstić information content (AvgIpc) is 3.15. The summed E-state index contributed by atoms with van der Waals surface area (Å²) in [7, 11) is 0. The predicted octanol–water partition coefficient (Wildman–Crippen LogP) is 3.37. The highest BCUT2D eigenvalue weighted by molar-refractivity contribution is 14.0. The number of hydrogen-bond acceptors (Lipinski definition) is 4. The molecule has 7 nitrogen and oxygen atoms in total. The zero-order valence-electron chi connectivity index (χ0n) is 20.2. The number of morpholine rings is 1. The lowest BCUT2D eigenvalue weighted by molar-refractivity contribution is -0.117. The second-order valence-electron chi connectivity index (χ2n) is 9.34. The standard InChI is InChI=1S/C24H39N5O2.HI/c1-6-25-23(27-17-24(4,5)28-15-18(2)31-19(3)16-28)26-14-20-9-11-21(12-10-20)29-13-7-8-22(29)30;/h9-12,18-19H,6-8,13-17H2,1-5H3,(H2,25,26,27);1H. The molecule has 0 radical (unpaired) electrons. The largest absolute Gasteiger partial charge is 0.373 e.